The minimum atomic E-state index is -3.92. The quantitative estimate of drug-likeness (QED) is 0.820. The zero-order chi connectivity index (χ0) is 19.1. The Balaban J connectivity index is 1.97. The van der Waals surface area contributed by atoms with E-state index in [1.807, 2.05) is 6.92 Å². The van der Waals surface area contributed by atoms with Crippen LogP contribution in [0.4, 0.5) is 15.8 Å². The fourth-order valence-electron chi connectivity index (χ4n) is 2.66. The molecule has 1 N–H and O–H groups in total. The van der Waals surface area contributed by atoms with Crippen LogP contribution in [0, 0.1) is 5.82 Å². The van der Waals surface area contributed by atoms with Gasteiger partial charge >= 0.3 is 0 Å². The number of carbonyl (C=O) groups excluding carboxylic acids is 1. The normalized spacial score (nSPS) is 16.9. The summed E-state index contributed by atoms with van der Waals surface area (Å²) in [5.41, 5.74) is 0.723. The summed E-state index contributed by atoms with van der Waals surface area (Å²) in [6.45, 7) is 3.97. The maximum Gasteiger partial charge on any atom is 0.261 e. The topological polar surface area (TPSA) is 66.5 Å². The van der Waals surface area contributed by atoms with Crippen molar-refractivity contribution in [2.24, 2.45) is 0 Å². The summed E-state index contributed by atoms with van der Waals surface area (Å²) in [5.74, 6) is -0.780. The number of amides is 1. The van der Waals surface area contributed by atoms with Gasteiger partial charge in [0.15, 0.2) is 0 Å². The molecular weight excluding hydrogens is 399 g/mol. The number of hydrogen-bond acceptors (Lipinski definition) is 4. The summed E-state index contributed by atoms with van der Waals surface area (Å²) in [5, 5.41) is 0.0390. The highest BCUT2D eigenvalue weighted by molar-refractivity contribution is 8.00. The molecule has 1 atom stereocenters. The van der Waals surface area contributed by atoms with Gasteiger partial charge in [0.2, 0.25) is 5.91 Å². The first-order valence-electron chi connectivity index (χ1n) is 7.74. The van der Waals surface area contributed by atoms with E-state index in [1.165, 1.54) is 31.2 Å². The molecule has 0 spiro atoms. The average molecular weight is 415 g/mol. The number of halogens is 2. The van der Waals surface area contributed by atoms with Crippen LogP contribution in [-0.4, -0.2) is 26.1 Å². The van der Waals surface area contributed by atoms with Crippen LogP contribution in [0.25, 0.3) is 0 Å². The lowest BCUT2D eigenvalue weighted by atomic mass is 10.2. The lowest BCUT2D eigenvalue weighted by Gasteiger charge is -2.32. The molecule has 2 aromatic carbocycles. The van der Waals surface area contributed by atoms with E-state index in [4.69, 9.17) is 11.6 Å². The van der Waals surface area contributed by atoms with Crippen LogP contribution in [0.2, 0.25) is 5.02 Å². The minimum Gasteiger partial charge on any atom is -0.310 e. The highest BCUT2D eigenvalue weighted by Crippen LogP contribution is 2.40. The number of rotatable bonds is 3. The number of carbonyl (C=O) groups is 1. The molecule has 0 fully saturated rings. The number of hydrogen-bond donors (Lipinski definition) is 1. The van der Waals surface area contributed by atoms with Gasteiger partial charge in [-0.3, -0.25) is 9.52 Å². The average Bonchev–Trinajstić information content (AvgIpc) is 2.56. The zero-order valence-electron chi connectivity index (χ0n) is 14.0. The summed E-state index contributed by atoms with van der Waals surface area (Å²) in [6, 6.07) is 8.22. The molecule has 1 heterocycles. The highest BCUT2D eigenvalue weighted by atomic mass is 35.5. The highest BCUT2D eigenvalue weighted by Gasteiger charge is 2.27. The van der Waals surface area contributed by atoms with Gasteiger partial charge in [-0.15, -0.1) is 11.8 Å². The number of sulfonamides is 1. The van der Waals surface area contributed by atoms with Crippen molar-refractivity contribution in [3.63, 3.8) is 0 Å². The first-order chi connectivity index (χ1) is 12.2. The molecule has 1 aliphatic rings. The molecule has 9 heteroatoms. The van der Waals surface area contributed by atoms with E-state index in [0.29, 0.717) is 12.2 Å². The smallest absolute Gasteiger partial charge is 0.261 e. The predicted molar refractivity (Wildman–Crippen MR) is 102 cm³/mol. The third-order valence-electron chi connectivity index (χ3n) is 3.85. The molecule has 26 heavy (non-hydrogen) atoms. The monoisotopic (exact) mass is 414 g/mol. The van der Waals surface area contributed by atoms with Crippen LogP contribution in [0.3, 0.4) is 0 Å². The van der Waals surface area contributed by atoms with Gasteiger partial charge in [-0.1, -0.05) is 18.5 Å². The van der Waals surface area contributed by atoms with E-state index in [-0.39, 0.29) is 26.8 Å². The summed E-state index contributed by atoms with van der Waals surface area (Å²) < 4.78 is 41.0. The Morgan fingerprint density at radius 3 is 2.69 bits per heavy atom. The van der Waals surface area contributed by atoms with Crippen molar-refractivity contribution in [2.75, 3.05) is 16.2 Å². The van der Waals surface area contributed by atoms with Gasteiger partial charge in [0.1, 0.15) is 5.82 Å². The van der Waals surface area contributed by atoms with Crippen molar-refractivity contribution in [1.82, 2.24) is 0 Å². The van der Waals surface area contributed by atoms with Crippen molar-refractivity contribution < 1.29 is 17.6 Å². The SMILES string of the molecule is CC(=O)N1C[C@H](C)Sc2ccc(S(=O)(=O)Nc3ccc(F)c(Cl)c3)cc21. The molecule has 5 nitrogen and oxygen atoms in total. The first-order valence-corrected chi connectivity index (χ1v) is 10.5. The number of anilines is 2. The summed E-state index contributed by atoms with van der Waals surface area (Å²) in [4.78, 5) is 14.4. The largest absolute Gasteiger partial charge is 0.310 e. The predicted octanol–water partition coefficient (Wildman–Crippen LogP) is 4.13. The standard InChI is InChI=1S/C17H16ClFN2O3S2/c1-10-9-21(11(2)22)16-8-13(4-6-17(16)25-10)26(23,24)20-12-3-5-15(19)14(18)7-12/h3-8,10,20H,9H2,1-2H3/t10-/m0/s1. The Kier molecular flexibility index (Phi) is 5.18. The lowest BCUT2D eigenvalue weighted by Crippen LogP contribution is -2.37. The second kappa shape index (κ2) is 7.09. The third kappa shape index (κ3) is 3.82. The Hall–Kier alpha value is -1.77. The second-order valence-electron chi connectivity index (χ2n) is 5.92. The molecule has 0 aliphatic carbocycles. The minimum absolute atomic E-state index is 0.0121. The zero-order valence-corrected chi connectivity index (χ0v) is 16.4. The Labute approximate surface area is 160 Å². The lowest BCUT2D eigenvalue weighted by molar-refractivity contribution is -0.116. The van der Waals surface area contributed by atoms with Crippen LogP contribution in [0.15, 0.2) is 46.2 Å². The van der Waals surface area contributed by atoms with E-state index >= 15 is 0 Å². The maximum atomic E-state index is 13.2. The van der Waals surface area contributed by atoms with Crippen molar-refractivity contribution in [2.45, 2.75) is 28.9 Å². The molecule has 2 aromatic rings. The second-order valence-corrected chi connectivity index (χ2v) is 9.49. The van der Waals surface area contributed by atoms with Gasteiger partial charge in [-0.25, -0.2) is 12.8 Å². The molecule has 0 bridgehead atoms. The van der Waals surface area contributed by atoms with Crippen molar-refractivity contribution >= 4 is 50.7 Å². The molecule has 0 radical (unpaired) electrons. The van der Waals surface area contributed by atoms with E-state index in [9.17, 15) is 17.6 Å². The van der Waals surface area contributed by atoms with E-state index in [1.54, 1.807) is 22.7 Å². The Morgan fingerprint density at radius 2 is 2.04 bits per heavy atom. The Morgan fingerprint density at radius 1 is 1.31 bits per heavy atom. The Bertz CT molecular complexity index is 982. The molecule has 0 aromatic heterocycles. The first kappa shape index (κ1) is 19.0. The number of fused-ring (bicyclic) bond motifs is 1. The van der Waals surface area contributed by atoms with Crippen LogP contribution < -0.4 is 9.62 Å². The molecule has 1 aliphatic heterocycles. The third-order valence-corrected chi connectivity index (χ3v) is 6.67. The van der Waals surface area contributed by atoms with Gasteiger partial charge in [0.25, 0.3) is 10.0 Å². The summed E-state index contributed by atoms with van der Waals surface area (Å²) >= 11 is 7.29. The van der Waals surface area contributed by atoms with Crippen LogP contribution in [-0.2, 0) is 14.8 Å². The van der Waals surface area contributed by atoms with Crippen molar-refractivity contribution in [3.8, 4) is 0 Å². The molecule has 0 saturated heterocycles. The maximum absolute atomic E-state index is 13.2. The van der Waals surface area contributed by atoms with Gasteiger partial charge in [-0.2, -0.15) is 0 Å². The van der Waals surface area contributed by atoms with Gasteiger partial charge in [0.05, 0.1) is 21.3 Å². The van der Waals surface area contributed by atoms with Crippen LogP contribution in [0.1, 0.15) is 13.8 Å². The molecule has 0 unspecified atom stereocenters. The van der Waals surface area contributed by atoms with Crippen molar-refractivity contribution in [3.05, 3.63) is 47.2 Å². The van der Waals surface area contributed by atoms with Gasteiger partial charge in [0, 0.05) is 23.6 Å². The van der Waals surface area contributed by atoms with Gasteiger partial charge in [-0.05, 0) is 36.4 Å². The van der Waals surface area contributed by atoms with Crippen molar-refractivity contribution in [1.29, 1.82) is 0 Å². The van der Waals surface area contributed by atoms with E-state index in [2.05, 4.69) is 4.72 Å². The molecule has 3 rings (SSSR count). The molecule has 0 saturated carbocycles. The van der Waals surface area contributed by atoms with Crippen LogP contribution >= 0.6 is 23.4 Å². The van der Waals surface area contributed by atoms with E-state index in [0.717, 1.165) is 11.0 Å². The number of thioether (sulfide) groups is 1. The number of nitrogens with zero attached hydrogens (tertiary/aromatic N) is 1. The molecular formula is C17H16ClFN2O3S2. The molecule has 1 amide bonds. The summed E-state index contributed by atoms with van der Waals surface area (Å²) in [7, 11) is -3.92. The number of nitrogens with one attached hydrogen (secondary N) is 1. The van der Waals surface area contributed by atoms with Crippen LogP contribution in [0.5, 0.6) is 0 Å². The molecule has 138 valence electrons. The number of benzene rings is 2. The summed E-state index contributed by atoms with van der Waals surface area (Å²) in [6.07, 6.45) is 0. The fourth-order valence-corrected chi connectivity index (χ4v) is 5.00. The fraction of sp³-hybridized carbons (Fsp3) is 0.235. The van der Waals surface area contributed by atoms with Gasteiger partial charge < -0.3 is 4.90 Å². The van der Waals surface area contributed by atoms with E-state index < -0.39 is 15.8 Å².